The number of ether oxygens (including phenoxy) is 1. The van der Waals surface area contributed by atoms with Gasteiger partial charge in [-0.05, 0) is 37.3 Å². The Morgan fingerprint density at radius 3 is 2.74 bits per heavy atom. The maximum absolute atomic E-state index is 6.09. The van der Waals surface area contributed by atoms with Crippen LogP contribution in [0.3, 0.4) is 0 Å². The Hall–Kier alpha value is -1.02. The van der Waals surface area contributed by atoms with E-state index in [9.17, 15) is 0 Å². The van der Waals surface area contributed by atoms with Crippen LogP contribution in [0.4, 0.5) is 0 Å². The Bertz CT molecular complexity index is 579. The second kappa shape index (κ2) is 11.7. The van der Waals surface area contributed by atoms with Crippen LogP contribution in [-0.4, -0.2) is 38.3 Å². The highest BCUT2D eigenvalue weighted by molar-refractivity contribution is 14.0. The van der Waals surface area contributed by atoms with Gasteiger partial charge >= 0.3 is 0 Å². The summed E-state index contributed by atoms with van der Waals surface area (Å²) in [5, 5.41) is 6.92. The van der Waals surface area contributed by atoms with E-state index in [2.05, 4.69) is 43.0 Å². The van der Waals surface area contributed by atoms with Crippen molar-refractivity contribution in [3.63, 3.8) is 0 Å². The predicted molar refractivity (Wildman–Crippen MR) is 123 cm³/mol. The van der Waals surface area contributed by atoms with Crippen molar-refractivity contribution in [3.8, 4) is 0 Å². The van der Waals surface area contributed by atoms with Crippen LogP contribution >= 0.6 is 24.0 Å². The average Bonchev–Trinajstić information content (AvgIpc) is 3.09. The summed E-state index contributed by atoms with van der Waals surface area (Å²) >= 11 is 0. The van der Waals surface area contributed by atoms with E-state index in [0.29, 0.717) is 12.5 Å². The minimum Gasteiger partial charge on any atom is -0.469 e. The van der Waals surface area contributed by atoms with E-state index in [-0.39, 0.29) is 35.5 Å². The third-order valence-electron chi connectivity index (χ3n) is 4.58. The Labute approximate surface area is 181 Å². The molecule has 5 nitrogen and oxygen atoms in total. The van der Waals surface area contributed by atoms with Crippen molar-refractivity contribution >= 4 is 29.9 Å². The normalized spacial score (nSPS) is 20.7. The third kappa shape index (κ3) is 8.68. The zero-order valence-electron chi connectivity index (χ0n) is 17.2. The van der Waals surface area contributed by atoms with E-state index in [0.717, 1.165) is 49.8 Å². The second-order valence-corrected chi connectivity index (χ2v) is 8.32. The first-order valence-corrected chi connectivity index (χ1v) is 9.67. The van der Waals surface area contributed by atoms with Crippen LogP contribution < -0.4 is 10.6 Å². The van der Waals surface area contributed by atoms with E-state index in [1.165, 1.54) is 6.42 Å². The lowest BCUT2D eigenvalue weighted by Crippen LogP contribution is -2.47. The maximum Gasteiger partial charge on any atom is 0.191 e. The Morgan fingerprint density at radius 1 is 1.33 bits per heavy atom. The zero-order chi connectivity index (χ0) is 19.0. The van der Waals surface area contributed by atoms with Crippen LogP contribution in [0.2, 0.25) is 0 Å². The maximum atomic E-state index is 6.09. The molecule has 2 rings (SSSR count). The van der Waals surface area contributed by atoms with Crippen molar-refractivity contribution in [3.05, 3.63) is 36.3 Å². The SMILES string of the molecule is C=C(C)CN=C(NCCc1ccco1)NCC1CCCOC1C(C)(C)C.I. The van der Waals surface area contributed by atoms with Gasteiger partial charge in [0.25, 0.3) is 0 Å². The van der Waals surface area contributed by atoms with E-state index in [4.69, 9.17) is 9.15 Å². The minimum atomic E-state index is 0. The van der Waals surface area contributed by atoms with Crippen molar-refractivity contribution in [1.29, 1.82) is 0 Å². The van der Waals surface area contributed by atoms with Crippen molar-refractivity contribution in [1.82, 2.24) is 10.6 Å². The summed E-state index contributed by atoms with van der Waals surface area (Å²) in [6.45, 7) is 15.9. The standard InChI is InChI=1S/C21H35N3O2.HI/c1-16(2)14-23-20(22-11-10-18-9-7-12-25-18)24-15-17-8-6-13-26-19(17)21(3,4)5;/h7,9,12,17,19H,1,6,8,10-11,13-15H2,2-5H3,(H2,22,23,24);1H. The molecule has 1 aromatic heterocycles. The summed E-state index contributed by atoms with van der Waals surface area (Å²) in [4.78, 5) is 4.64. The van der Waals surface area contributed by atoms with Crippen molar-refractivity contribution in [2.75, 3.05) is 26.2 Å². The predicted octanol–water partition coefficient (Wildman–Crippen LogP) is 4.39. The molecule has 1 saturated heterocycles. The van der Waals surface area contributed by atoms with Gasteiger partial charge in [0.05, 0.1) is 18.9 Å². The molecule has 2 heterocycles. The molecule has 1 aliphatic heterocycles. The molecule has 154 valence electrons. The van der Waals surface area contributed by atoms with E-state index in [1.54, 1.807) is 6.26 Å². The fourth-order valence-electron chi connectivity index (χ4n) is 3.38. The van der Waals surface area contributed by atoms with Crippen molar-refractivity contribution < 1.29 is 9.15 Å². The molecule has 2 unspecified atom stereocenters. The largest absolute Gasteiger partial charge is 0.469 e. The number of rotatable bonds is 7. The Balaban J connectivity index is 0.00000364. The van der Waals surface area contributed by atoms with Crippen LogP contribution in [0.25, 0.3) is 0 Å². The minimum absolute atomic E-state index is 0. The molecule has 0 bridgehead atoms. The lowest BCUT2D eigenvalue weighted by molar-refractivity contribution is -0.0835. The van der Waals surface area contributed by atoms with E-state index >= 15 is 0 Å². The highest BCUT2D eigenvalue weighted by Gasteiger charge is 2.35. The van der Waals surface area contributed by atoms with Gasteiger partial charge in [-0.2, -0.15) is 0 Å². The first-order chi connectivity index (χ1) is 12.4. The molecule has 2 atom stereocenters. The summed E-state index contributed by atoms with van der Waals surface area (Å²) in [5.74, 6) is 2.30. The highest BCUT2D eigenvalue weighted by Crippen LogP contribution is 2.33. The van der Waals surface area contributed by atoms with Gasteiger partial charge in [0.15, 0.2) is 5.96 Å². The molecule has 0 aromatic carbocycles. The number of halogens is 1. The first kappa shape index (κ1) is 24.0. The number of aliphatic imine (C=N–C) groups is 1. The summed E-state index contributed by atoms with van der Waals surface area (Å²) in [6, 6.07) is 3.91. The van der Waals surface area contributed by atoms with Gasteiger partial charge in [-0.15, -0.1) is 24.0 Å². The fraction of sp³-hybridized carbons (Fsp3) is 0.667. The average molecular weight is 489 g/mol. The monoisotopic (exact) mass is 489 g/mol. The Kier molecular flexibility index (Phi) is 10.4. The number of hydrogen-bond acceptors (Lipinski definition) is 3. The highest BCUT2D eigenvalue weighted by atomic mass is 127. The van der Waals surface area contributed by atoms with Gasteiger partial charge in [0.1, 0.15) is 5.76 Å². The summed E-state index contributed by atoms with van der Waals surface area (Å²) in [5.41, 5.74) is 1.19. The molecule has 0 radical (unpaired) electrons. The topological polar surface area (TPSA) is 58.8 Å². The lowest BCUT2D eigenvalue weighted by Gasteiger charge is -2.40. The van der Waals surface area contributed by atoms with Gasteiger partial charge in [-0.1, -0.05) is 32.9 Å². The molecule has 0 aliphatic carbocycles. The number of guanidine groups is 1. The smallest absolute Gasteiger partial charge is 0.191 e. The second-order valence-electron chi connectivity index (χ2n) is 8.32. The molecule has 27 heavy (non-hydrogen) atoms. The van der Waals surface area contributed by atoms with Gasteiger partial charge in [-0.3, -0.25) is 0 Å². The quantitative estimate of drug-likeness (QED) is 0.258. The van der Waals surface area contributed by atoms with Crippen LogP contribution in [0.5, 0.6) is 0 Å². The molecule has 1 fully saturated rings. The van der Waals surface area contributed by atoms with E-state index < -0.39 is 0 Å². The van der Waals surface area contributed by atoms with Crippen molar-refractivity contribution in [2.24, 2.45) is 16.3 Å². The number of furan rings is 1. The van der Waals surface area contributed by atoms with Gasteiger partial charge in [-0.25, -0.2) is 4.99 Å². The number of nitrogens with one attached hydrogen (secondary N) is 2. The number of hydrogen-bond donors (Lipinski definition) is 2. The summed E-state index contributed by atoms with van der Waals surface area (Å²) < 4.78 is 11.5. The molecule has 0 amide bonds. The summed E-state index contributed by atoms with van der Waals surface area (Å²) in [6.07, 6.45) is 5.13. The molecule has 0 spiro atoms. The van der Waals surface area contributed by atoms with Crippen LogP contribution in [0.15, 0.2) is 40.0 Å². The Morgan fingerprint density at radius 2 is 2.11 bits per heavy atom. The molecule has 2 N–H and O–H groups in total. The van der Waals surface area contributed by atoms with Gasteiger partial charge < -0.3 is 19.8 Å². The van der Waals surface area contributed by atoms with Crippen LogP contribution in [-0.2, 0) is 11.2 Å². The molecular weight excluding hydrogens is 453 g/mol. The van der Waals surface area contributed by atoms with Crippen molar-refractivity contribution in [2.45, 2.75) is 53.1 Å². The van der Waals surface area contributed by atoms with Crippen LogP contribution in [0.1, 0.15) is 46.3 Å². The molecule has 0 saturated carbocycles. The molecule has 6 heteroatoms. The zero-order valence-corrected chi connectivity index (χ0v) is 19.5. The molecular formula is C21H36IN3O2. The first-order valence-electron chi connectivity index (χ1n) is 9.67. The molecule has 1 aromatic rings. The van der Waals surface area contributed by atoms with Gasteiger partial charge in [0, 0.05) is 32.0 Å². The fourth-order valence-corrected chi connectivity index (χ4v) is 3.38. The molecule has 1 aliphatic rings. The van der Waals surface area contributed by atoms with Gasteiger partial charge in [0.2, 0.25) is 0 Å². The number of nitrogens with zero attached hydrogens (tertiary/aromatic N) is 1. The third-order valence-corrected chi connectivity index (χ3v) is 4.58. The lowest BCUT2D eigenvalue weighted by atomic mass is 9.78. The van der Waals surface area contributed by atoms with Crippen LogP contribution in [0, 0.1) is 11.3 Å². The summed E-state index contributed by atoms with van der Waals surface area (Å²) in [7, 11) is 0. The van der Waals surface area contributed by atoms with E-state index in [1.807, 2.05) is 19.1 Å².